The maximum absolute atomic E-state index is 11.1. The van der Waals surface area contributed by atoms with Crippen LogP contribution >= 0.6 is 0 Å². The van der Waals surface area contributed by atoms with Crippen LogP contribution in [-0.4, -0.2) is 12.0 Å². The number of nitrogen functional groups attached to an aromatic ring is 1. The number of anilines is 2. The molecule has 0 radical (unpaired) electrons. The standard InChI is InChI=1S/C9H10N2O2/c1-5-9(12)13-7-4-2-3-6(10)8(7)11-5/h2-5,11H,10H2,1H3. The number of ether oxygens (including phenoxy) is 1. The molecule has 0 saturated heterocycles. The van der Waals surface area contributed by atoms with Crippen molar-refractivity contribution < 1.29 is 9.53 Å². The fourth-order valence-corrected chi connectivity index (χ4v) is 1.26. The van der Waals surface area contributed by atoms with E-state index in [-0.39, 0.29) is 12.0 Å². The van der Waals surface area contributed by atoms with E-state index in [1.807, 2.05) is 0 Å². The molecule has 0 bridgehead atoms. The van der Waals surface area contributed by atoms with Crippen molar-refractivity contribution in [2.45, 2.75) is 13.0 Å². The Labute approximate surface area is 75.7 Å². The Morgan fingerprint density at radius 1 is 1.54 bits per heavy atom. The smallest absolute Gasteiger partial charge is 0.333 e. The topological polar surface area (TPSA) is 64.3 Å². The number of carbonyl (C=O) groups is 1. The second-order valence-corrected chi connectivity index (χ2v) is 3.01. The Bertz CT molecular complexity index is 363. The van der Waals surface area contributed by atoms with Gasteiger partial charge in [-0.05, 0) is 19.1 Å². The van der Waals surface area contributed by atoms with Crippen molar-refractivity contribution in [2.75, 3.05) is 11.1 Å². The molecular weight excluding hydrogens is 168 g/mol. The van der Waals surface area contributed by atoms with E-state index in [1.165, 1.54) is 0 Å². The van der Waals surface area contributed by atoms with Crippen LogP contribution in [0.2, 0.25) is 0 Å². The van der Waals surface area contributed by atoms with Crippen LogP contribution in [0.15, 0.2) is 18.2 Å². The molecule has 2 rings (SSSR count). The Morgan fingerprint density at radius 3 is 3.08 bits per heavy atom. The second kappa shape index (κ2) is 2.65. The Morgan fingerprint density at radius 2 is 2.31 bits per heavy atom. The average Bonchev–Trinajstić information content (AvgIpc) is 2.09. The van der Waals surface area contributed by atoms with Gasteiger partial charge in [0.1, 0.15) is 11.7 Å². The summed E-state index contributed by atoms with van der Waals surface area (Å²) in [6, 6.07) is 4.89. The first kappa shape index (κ1) is 7.91. The summed E-state index contributed by atoms with van der Waals surface area (Å²) in [5, 5.41) is 2.98. The van der Waals surface area contributed by atoms with Gasteiger partial charge < -0.3 is 15.8 Å². The molecule has 0 fully saturated rings. The van der Waals surface area contributed by atoms with Gasteiger partial charge in [0.25, 0.3) is 0 Å². The van der Waals surface area contributed by atoms with Crippen molar-refractivity contribution in [3.05, 3.63) is 18.2 Å². The maximum atomic E-state index is 11.1. The van der Waals surface area contributed by atoms with Gasteiger partial charge in [-0.2, -0.15) is 0 Å². The van der Waals surface area contributed by atoms with E-state index in [1.54, 1.807) is 25.1 Å². The van der Waals surface area contributed by atoms with Gasteiger partial charge in [-0.25, -0.2) is 4.79 Å². The molecule has 1 aliphatic heterocycles. The van der Waals surface area contributed by atoms with Crippen LogP contribution in [0.4, 0.5) is 11.4 Å². The largest absolute Gasteiger partial charge is 0.423 e. The van der Waals surface area contributed by atoms with Gasteiger partial charge in [0.05, 0.1) is 5.69 Å². The lowest BCUT2D eigenvalue weighted by Gasteiger charge is -2.23. The fourth-order valence-electron chi connectivity index (χ4n) is 1.26. The van der Waals surface area contributed by atoms with Gasteiger partial charge in [-0.15, -0.1) is 0 Å². The number of nitrogens with one attached hydrogen (secondary N) is 1. The van der Waals surface area contributed by atoms with E-state index in [0.29, 0.717) is 17.1 Å². The highest BCUT2D eigenvalue weighted by atomic mass is 16.5. The van der Waals surface area contributed by atoms with Crippen LogP contribution in [-0.2, 0) is 4.79 Å². The number of hydrogen-bond acceptors (Lipinski definition) is 4. The quantitative estimate of drug-likeness (QED) is 0.353. The number of carbonyl (C=O) groups excluding carboxylic acids is 1. The van der Waals surface area contributed by atoms with Gasteiger partial charge in [0.2, 0.25) is 0 Å². The lowest BCUT2D eigenvalue weighted by Crippen LogP contribution is -2.34. The Kier molecular flexibility index (Phi) is 1.62. The summed E-state index contributed by atoms with van der Waals surface area (Å²) in [4.78, 5) is 11.1. The minimum atomic E-state index is -0.336. The third-order valence-electron chi connectivity index (χ3n) is 1.98. The minimum Gasteiger partial charge on any atom is -0.423 e. The third kappa shape index (κ3) is 1.20. The molecule has 4 heteroatoms. The molecule has 0 aromatic heterocycles. The fraction of sp³-hybridized carbons (Fsp3) is 0.222. The summed E-state index contributed by atoms with van der Waals surface area (Å²) in [7, 11) is 0. The zero-order valence-electron chi connectivity index (χ0n) is 7.20. The molecule has 3 N–H and O–H groups in total. The Balaban J connectivity index is 2.48. The van der Waals surface area contributed by atoms with E-state index in [2.05, 4.69) is 5.32 Å². The zero-order valence-corrected chi connectivity index (χ0v) is 7.20. The summed E-state index contributed by atoms with van der Waals surface area (Å²) in [5.41, 5.74) is 6.99. The predicted molar refractivity (Wildman–Crippen MR) is 49.6 cm³/mol. The normalized spacial score (nSPS) is 20.1. The van der Waals surface area contributed by atoms with Crippen LogP contribution in [0.3, 0.4) is 0 Å². The highest BCUT2D eigenvalue weighted by Crippen LogP contribution is 2.34. The van der Waals surface area contributed by atoms with Gasteiger partial charge in [-0.3, -0.25) is 0 Å². The first-order chi connectivity index (χ1) is 6.18. The summed E-state index contributed by atoms with van der Waals surface area (Å²) in [6.45, 7) is 1.73. The second-order valence-electron chi connectivity index (χ2n) is 3.01. The van der Waals surface area contributed by atoms with Crippen LogP contribution in [0.1, 0.15) is 6.92 Å². The highest BCUT2D eigenvalue weighted by Gasteiger charge is 2.24. The first-order valence-corrected chi connectivity index (χ1v) is 4.05. The SMILES string of the molecule is CC1Nc2c(N)cccc2OC1=O. The molecule has 1 unspecified atom stereocenters. The number of benzene rings is 1. The summed E-state index contributed by atoms with van der Waals surface area (Å²) >= 11 is 0. The van der Waals surface area contributed by atoms with E-state index in [4.69, 9.17) is 10.5 Å². The minimum absolute atomic E-state index is 0.280. The monoisotopic (exact) mass is 178 g/mol. The molecule has 68 valence electrons. The summed E-state index contributed by atoms with van der Waals surface area (Å²) in [5.74, 6) is 0.223. The molecular formula is C9H10N2O2. The summed E-state index contributed by atoms with van der Waals surface area (Å²) < 4.78 is 5.04. The van der Waals surface area contributed by atoms with Crippen molar-refractivity contribution in [3.63, 3.8) is 0 Å². The molecule has 0 aliphatic carbocycles. The molecule has 1 heterocycles. The molecule has 1 atom stereocenters. The van der Waals surface area contributed by atoms with Crippen molar-refractivity contribution in [1.82, 2.24) is 0 Å². The van der Waals surface area contributed by atoms with E-state index >= 15 is 0 Å². The number of fused-ring (bicyclic) bond motifs is 1. The number of hydrogen-bond donors (Lipinski definition) is 2. The summed E-state index contributed by atoms with van der Waals surface area (Å²) in [6.07, 6.45) is 0. The molecule has 13 heavy (non-hydrogen) atoms. The van der Waals surface area contributed by atoms with Crippen molar-refractivity contribution in [1.29, 1.82) is 0 Å². The zero-order chi connectivity index (χ0) is 9.42. The molecule has 0 spiro atoms. The lowest BCUT2D eigenvalue weighted by molar-refractivity contribution is -0.135. The Hall–Kier alpha value is -1.71. The van der Waals surface area contributed by atoms with Crippen molar-refractivity contribution >= 4 is 17.3 Å². The van der Waals surface area contributed by atoms with Gasteiger partial charge in [0, 0.05) is 0 Å². The van der Waals surface area contributed by atoms with Crippen molar-refractivity contribution in [2.24, 2.45) is 0 Å². The first-order valence-electron chi connectivity index (χ1n) is 4.05. The van der Waals surface area contributed by atoms with Gasteiger partial charge in [0.15, 0.2) is 5.75 Å². The van der Waals surface area contributed by atoms with E-state index in [9.17, 15) is 4.79 Å². The average molecular weight is 178 g/mol. The number of para-hydroxylation sites is 1. The van der Waals surface area contributed by atoms with Crippen LogP contribution in [0.5, 0.6) is 5.75 Å². The molecule has 1 aromatic carbocycles. The van der Waals surface area contributed by atoms with Crippen LogP contribution in [0, 0.1) is 0 Å². The molecule has 1 aliphatic rings. The number of rotatable bonds is 0. The number of esters is 1. The van der Waals surface area contributed by atoms with Crippen molar-refractivity contribution in [3.8, 4) is 5.75 Å². The lowest BCUT2D eigenvalue weighted by atomic mass is 10.2. The highest BCUT2D eigenvalue weighted by molar-refractivity contribution is 5.89. The maximum Gasteiger partial charge on any atom is 0.333 e. The van der Waals surface area contributed by atoms with Crippen LogP contribution < -0.4 is 15.8 Å². The number of nitrogens with two attached hydrogens (primary N) is 1. The molecule has 1 aromatic rings. The molecule has 0 amide bonds. The van der Waals surface area contributed by atoms with E-state index < -0.39 is 0 Å². The van der Waals surface area contributed by atoms with E-state index in [0.717, 1.165) is 0 Å². The third-order valence-corrected chi connectivity index (χ3v) is 1.98. The van der Waals surface area contributed by atoms with Gasteiger partial charge in [-0.1, -0.05) is 6.07 Å². The van der Waals surface area contributed by atoms with Gasteiger partial charge >= 0.3 is 5.97 Å². The van der Waals surface area contributed by atoms with Crippen LogP contribution in [0.25, 0.3) is 0 Å². The predicted octanol–water partition coefficient (Wildman–Crippen LogP) is 0.988. The molecule has 4 nitrogen and oxygen atoms in total. The molecule has 0 saturated carbocycles.